The third kappa shape index (κ3) is 2.71. The van der Waals surface area contributed by atoms with Gasteiger partial charge in [-0.3, -0.25) is 0 Å². The van der Waals surface area contributed by atoms with Crippen LogP contribution in [0.1, 0.15) is 18.1 Å². The Morgan fingerprint density at radius 1 is 1.16 bits per heavy atom. The number of aryl methyl sites for hydroxylation is 1. The Bertz CT molecular complexity index is 678. The molecule has 0 radical (unpaired) electrons. The zero-order valence-corrected chi connectivity index (χ0v) is 11.4. The van der Waals surface area contributed by atoms with Crippen LogP contribution < -0.4 is 5.32 Å². The summed E-state index contributed by atoms with van der Waals surface area (Å²) in [5.74, 6) is 0. The average Bonchev–Trinajstić information content (AvgIpc) is 2.88. The number of aromatic nitrogens is 3. The van der Waals surface area contributed by atoms with Crippen LogP contribution in [0.3, 0.4) is 0 Å². The molecule has 0 aliphatic rings. The lowest BCUT2D eigenvalue weighted by molar-refractivity contribution is 1.05. The predicted molar refractivity (Wildman–Crippen MR) is 78.4 cm³/mol. The molecule has 4 nitrogen and oxygen atoms in total. The highest BCUT2D eigenvalue weighted by Crippen LogP contribution is 2.27. The van der Waals surface area contributed by atoms with Crippen molar-refractivity contribution in [3.8, 4) is 0 Å². The maximum absolute atomic E-state index is 4.57. The summed E-state index contributed by atoms with van der Waals surface area (Å²) in [5.41, 5.74) is 3.45. The Kier molecular flexibility index (Phi) is 3.37. The summed E-state index contributed by atoms with van der Waals surface area (Å²) in [4.78, 5) is 12.6. The lowest BCUT2D eigenvalue weighted by atomic mass is 10.2. The Morgan fingerprint density at radius 2 is 2.00 bits per heavy atom. The van der Waals surface area contributed by atoms with Crippen molar-refractivity contribution >= 4 is 26.7 Å². The van der Waals surface area contributed by atoms with Gasteiger partial charge in [0.25, 0.3) is 0 Å². The first-order chi connectivity index (χ1) is 9.35. The highest BCUT2D eigenvalue weighted by Gasteiger charge is 2.04. The van der Waals surface area contributed by atoms with Gasteiger partial charge in [0.1, 0.15) is 6.33 Å². The number of hydrogen-bond acceptors (Lipinski definition) is 5. The lowest BCUT2D eigenvalue weighted by Crippen LogP contribution is -1.99. The van der Waals surface area contributed by atoms with E-state index >= 15 is 0 Å². The number of rotatable bonds is 4. The minimum Gasteiger partial charge on any atom is -0.357 e. The predicted octanol–water partition coefficient (Wildman–Crippen LogP) is 3.26. The molecule has 0 spiro atoms. The second-order valence-electron chi connectivity index (χ2n) is 4.27. The minimum atomic E-state index is 0.696. The van der Waals surface area contributed by atoms with Gasteiger partial charge < -0.3 is 5.32 Å². The normalized spacial score (nSPS) is 10.8. The molecule has 3 aromatic rings. The molecule has 0 atom stereocenters. The fraction of sp³-hybridized carbons (Fsp3) is 0.214. The van der Waals surface area contributed by atoms with Crippen LogP contribution in [0.5, 0.6) is 0 Å². The van der Waals surface area contributed by atoms with Crippen LogP contribution in [0, 0.1) is 0 Å². The van der Waals surface area contributed by atoms with Crippen LogP contribution in [0.2, 0.25) is 0 Å². The van der Waals surface area contributed by atoms with Crippen LogP contribution >= 0.6 is 11.3 Å². The Balaban J connectivity index is 1.78. The van der Waals surface area contributed by atoms with Crippen molar-refractivity contribution < 1.29 is 0 Å². The molecule has 1 N–H and O–H groups in total. The van der Waals surface area contributed by atoms with Crippen molar-refractivity contribution in [2.24, 2.45) is 0 Å². The maximum Gasteiger partial charge on any atom is 0.184 e. The van der Waals surface area contributed by atoms with Crippen LogP contribution in [0.15, 0.2) is 36.9 Å². The molecule has 5 heteroatoms. The average molecular weight is 270 g/mol. The quantitative estimate of drug-likeness (QED) is 0.790. The van der Waals surface area contributed by atoms with Gasteiger partial charge in [-0.05, 0) is 24.1 Å². The van der Waals surface area contributed by atoms with Crippen molar-refractivity contribution in [1.82, 2.24) is 15.0 Å². The van der Waals surface area contributed by atoms with Gasteiger partial charge >= 0.3 is 0 Å². The van der Waals surface area contributed by atoms with E-state index in [1.807, 2.05) is 12.4 Å². The maximum atomic E-state index is 4.57. The molecule has 0 amide bonds. The van der Waals surface area contributed by atoms with E-state index in [4.69, 9.17) is 0 Å². The molecule has 3 rings (SSSR count). The van der Waals surface area contributed by atoms with Gasteiger partial charge in [-0.15, -0.1) is 0 Å². The van der Waals surface area contributed by atoms with Crippen LogP contribution in [-0.4, -0.2) is 15.0 Å². The van der Waals surface area contributed by atoms with Gasteiger partial charge in [0.05, 0.1) is 10.2 Å². The van der Waals surface area contributed by atoms with Crippen LogP contribution in [-0.2, 0) is 13.0 Å². The highest BCUT2D eigenvalue weighted by molar-refractivity contribution is 7.22. The van der Waals surface area contributed by atoms with Crippen molar-refractivity contribution in [2.45, 2.75) is 19.9 Å². The van der Waals surface area contributed by atoms with E-state index in [2.05, 4.69) is 45.4 Å². The largest absolute Gasteiger partial charge is 0.357 e. The number of anilines is 1. The third-order valence-electron chi connectivity index (χ3n) is 2.92. The minimum absolute atomic E-state index is 0.696. The molecule has 0 fully saturated rings. The fourth-order valence-corrected chi connectivity index (χ4v) is 2.79. The van der Waals surface area contributed by atoms with E-state index in [0.29, 0.717) is 6.54 Å². The van der Waals surface area contributed by atoms with E-state index in [1.165, 1.54) is 16.6 Å². The van der Waals surface area contributed by atoms with E-state index < -0.39 is 0 Å². The van der Waals surface area contributed by atoms with Gasteiger partial charge in [-0.1, -0.05) is 24.3 Å². The summed E-state index contributed by atoms with van der Waals surface area (Å²) >= 11 is 1.68. The van der Waals surface area contributed by atoms with Gasteiger partial charge in [-0.2, -0.15) is 0 Å². The smallest absolute Gasteiger partial charge is 0.184 e. The molecule has 0 saturated carbocycles. The molecule has 0 aliphatic heterocycles. The SMILES string of the molecule is CCc1ccc2nc(NCc3cncnc3)sc2c1. The molecule has 2 aromatic heterocycles. The van der Waals surface area contributed by atoms with E-state index in [-0.39, 0.29) is 0 Å². The molecule has 96 valence electrons. The van der Waals surface area contributed by atoms with E-state index in [1.54, 1.807) is 11.3 Å². The third-order valence-corrected chi connectivity index (χ3v) is 3.89. The summed E-state index contributed by atoms with van der Waals surface area (Å²) in [6.07, 6.45) is 6.20. The van der Waals surface area contributed by atoms with Crippen molar-refractivity contribution in [3.63, 3.8) is 0 Å². The monoisotopic (exact) mass is 270 g/mol. The zero-order valence-electron chi connectivity index (χ0n) is 10.6. The first kappa shape index (κ1) is 12.0. The number of hydrogen-bond donors (Lipinski definition) is 1. The van der Waals surface area contributed by atoms with Gasteiger partial charge in [0.15, 0.2) is 5.13 Å². The van der Waals surface area contributed by atoms with E-state index in [0.717, 1.165) is 22.6 Å². The second-order valence-corrected chi connectivity index (χ2v) is 5.31. The first-order valence-corrected chi connectivity index (χ1v) is 7.04. The number of nitrogens with one attached hydrogen (secondary N) is 1. The summed E-state index contributed by atoms with van der Waals surface area (Å²) in [5, 5.41) is 4.25. The number of benzene rings is 1. The number of fused-ring (bicyclic) bond motifs is 1. The number of thiazole rings is 1. The standard InChI is InChI=1S/C14H14N4S/c1-2-10-3-4-12-13(5-10)19-14(18-12)17-8-11-6-15-9-16-7-11/h3-7,9H,2,8H2,1H3,(H,17,18). The van der Waals surface area contributed by atoms with Crippen LogP contribution in [0.4, 0.5) is 5.13 Å². The molecular formula is C14H14N4S. The first-order valence-electron chi connectivity index (χ1n) is 6.22. The van der Waals surface area contributed by atoms with Crippen LogP contribution in [0.25, 0.3) is 10.2 Å². The van der Waals surface area contributed by atoms with Crippen molar-refractivity contribution in [3.05, 3.63) is 48.0 Å². The Morgan fingerprint density at radius 3 is 2.79 bits per heavy atom. The van der Waals surface area contributed by atoms with E-state index in [9.17, 15) is 0 Å². The Labute approximate surface area is 115 Å². The fourth-order valence-electron chi connectivity index (χ4n) is 1.86. The molecule has 2 heterocycles. The molecule has 19 heavy (non-hydrogen) atoms. The second kappa shape index (κ2) is 5.32. The molecule has 0 unspecified atom stereocenters. The van der Waals surface area contributed by atoms with Gasteiger partial charge in [0.2, 0.25) is 0 Å². The molecule has 0 bridgehead atoms. The van der Waals surface area contributed by atoms with Gasteiger partial charge in [0, 0.05) is 24.5 Å². The topological polar surface area (TPSA) is 50.7 Å². The molecule has 0 saturated heterocycles. The molecular weight excluding hydrogens is 256 g/mol. The summed E-state index contributed by atoms with van der Waals surface area (Å²) in [6.45, 7) is 2.86. The zero-order chi connectivity index (χ0) is 13.1. The Hall–Kier alpha value is -2.01. The summed E-state index contributed by atoms with van der Waals surface area (Å²) < 4.78 is 1.23. The summed E-state index contributed by atoms with van der Waals surface area (Å²) in [7, 11) is 0. The van der Waals surface area contributed by atoms with Crippen molar-refractivity contribution in [2.75, 3.05) is 5.32 Å². The molecule has 1 aromatic carbocycles. The number of nitrogens with zero attached hydrogens (tertiary/aromatic N) is 3. The summed E-state index contributed by atoms with van der Waals surface area (Å²) in [6, 6.07) is 6.43. The lowest BCUT2D eigenvalue weighted by Gasteiger charge is -2.00. The highest BCUT2D eigenvalue weighted by atomic mass is 32.1. The van der Waals surface area contributed by atoms with Gasteiger partial charge in [-0.25, -0.2) is 15.0 Å². The van der Waals surface area contributed by atoms with Crippen molar-refractivity contribution in [1.29, 1.82) is 0 Å². The molecule has 0 aliphatic carbocycles.